The normalized spacial score (nSPS) is 12.1. The van der Waals surface area contributed by atoms with E-state index in [4.69, 9.17) is 21.7 Å². The minimum Gasteiger partial charge on any atom is -0.870 e. The van der Waals surface area contributed by atoms with Crippen LogP contribution >= 0.6 is 11.6 Å². The van der Waals surface area contributed by atoms with Crippen LogP contribution in [0.3, 0.4) is 0 Å². The lowest BCUT2D eigenvalue weighted by Crippen LogP contribution is -2.37. The number of aryl methyl sites for hydroxylation is 1. The number of hydrogen-bond donors (Lipinski definition) is 1. The van der Waals surface area contributed by atoms with E-state index in [0.717, 1.165) is 40.0 Å². The van der Waals surface area contributed by atoms with Gasteiger partial charge in [-0.3, -0.25) is 10.3 Å². The van der Waals surface area contributed by atoms with E-state index in [2.05, 4.69) is 22.0 Å². The Hall–Kier alpha value is -3.48. The lowest BCUT2D eigenvalue weighted by atomic mass is 10.0. The van der Waals surface area contributed by atoms with Gasteiger partial charge < -0.3 is 5.48 Å². The lowest BCUT2D eigenvalue weighted by Gasteiger charge is -2.11. The van der Waals surface area contributed by atoms with E-state index < -0.39 is 0 Å². The maximum atomic E-state index is 6.38. The van der Waals surface area contributed by atoms with Gasteiger partial charge in [-0.2, -0.15) is 4.57 Å². The van der Waals surface area contributed by atoms with E-state index >= 15 is 0 Å². The maximum Gasteiger partial charge on any atom is 0.387 e. The summed E-state index contributed by atoms with van der Waals surface area (Å²) in [7, 11) is 1.95. The van der Waals surface area contributed by atoms with Crippen LogP contribution in [0.4, 0.5) is 11.6 Å². The van der Waals surface area contributed by atoms with Gasteiger partial charge in [-0.1, -0.05) is 60.1 Å². The predicted octanol–water partition coefficient (Wildman–Crippen LogP) is 4.27. The first-order valence-electron chi connectivity index (χ1n) is 9.41. The Morgan fingerprint density at radius 2 is 1.67 bits per heavy atom. The molecular formula is C23H20ClN5O. The summed E-state index contributed by atoms with van der Waals surface area (Å²) >= 11 is 6.38. The van der Waals surface area contributed by atoms with Crippen molar-refractivity contribution in [2.45, 2.75) is 6.54 Å². The monoisotopic (exact) mass is 417 g/mol. The fraction of sp³-hybridized carbons (Fsp3) is 0.0870. The molecule has 0 saturated heterocycles. The van der Waals surface area contributed by atoms with Crippen LogP contribution in [-0.2, 0) is 13.6 Å². The van der Waals surface area contributed by atoms with E-state index in [1.165, 1.54) is 0 Å². The molecule has 0 aliphatic carbocycles. The van der Waals surface area contributed by atoms with Crippen molar-refractivity contribution < 1.29 is 10.0 Å². The molecule has 2 heterocycles. The van der Waals surface area contributed by atoms with Gasteiger partial charge in [0.2, 0.25) is 5.82 Å². The van der Waals surface area contributed by atoms with Crippen molar-refractivity contribution in [3.05, 3.63) is 101 Å². The Morgan fingerprint density at radius 3 is 2.40 bits per heavy atom. The Labute approximate surface area is 179 Å². The van der Waals surface area contributed by atoms with Crippen molar-refractivity contribution in [2.24, 2.45) is 12.0 Å². The van der Waals surface area contributed by atoms with Crippen LogP contribution in [-0.4, -0.2) is 21.0 Å². The van der Waals surface area contributed by atoms with E-state index in [1.54, 1.807) is 0 Å². The SMILES string of the molecule is Cn1nc(Nc2ccccc2)[n+]2c1CN=C(c1ccccc1)c1cc(Cl)ccc1-2.[OH-]. The van der Waals surface area contributed by atoms with Crippen molar-refractivity contribution in [3.8, 4) is 5.69 Å². The molecule has 1 aliphatic heterocycles. The molecule has 0 saturated carbocycles. The largest absolute Gasteiger partial charge is 0.870 e. The highest BCUT2D eigenvalue weighted by atomic mass is 35.5. The van der Waals surface area contributed by atoms with Gasteiger partial charge in [0.25, 0.3) is 0 Å². The van der Waals surface area contributed by atoms with Gasteiger partial charge in [0, 0.05) is 21.2 Å². The fourth-order valence-corrected chi connectivity index (χ4v) is 3.81. The van der Waals surface area contributed by atoms with Crippen molar-refractivity contribution in [3.63, 3.8) is 0 Å². The summed E-state index contributed by atoms with van der Waals surface area (Å²) < 4.78 is 4.00. The van der Waals surface area contributed by atoms with E-state index in [0.29, 0.717) is 11.6 Å². The summed E-state index contributed by atoms with van der Waals surface area (Å²) in [6.45, 7) is 0.510. The average Bonchev–Trinajstić information content (AvgIpc) is 2.94. The quantitative estimate of drug-likeness (QED) is 0.506. The standard InChI is InChI=1S/C23H19ClN5.H2O/c1-28-21-15-25-22(16-8-4-2-5-9-16)19-14-17(24)12-13-20(19)29(21)23(27-28)26-18-10-6-3-7-11-18;/h2-14H,15H2,1H3,(H,26,27);1H2/q+1;/p-1. The predicted molar refractivity (Wildman–Crippen MR) is 117 cm³/mol. The summed E-state index contributed by atoms with van der Waals surface area (Å²) in [6.07, 6.45) is 0. The molecule has 0 spiro atoms. The molecule has 0 unspecified atom stereocenters. The minimum absolute atomic E-state index is 0. The maximum absolute atomic E-state index is 6.38. The van der Waals surface area contributed by atoms with Crippen LogP contribution < -0.4 is 9.88 Å². The number of nitrogens with one attached hydrogen (secondary N) is 1. The first kappa shape index (κ1) is 19.8. The Bertz CT molecular complexity index is 1220. The third-order valence-corrected chi connectivity index (χ3v) is 5.23. The van der Waals surface area contributed by atoms with Crippen molar-refractivity contribution >= 4 is 28.9 Å². The summed E-state index contributed by atoms with van der Waals surface area (Å²) in [6, 6.07) is 26.2. The smallest absolute Gasteiger partial charge is 0.387 e. The molecule has 0 amide bonds. The molecule has 0 radical (unpaired) electrons. The molecule has 1 aliphatic rings. The van der Waals surface area contributed by atoms with Gasteiger partial charge in [0.05, 0.1) is 18.4 Å². The first-order chi connectivity index (χ1) is 14.2. The number of aliphatic imine (C=N–C) groups is 1. The molecule has 2 N–H and O–H groups in total. The van der Waals surface area contributed by atoms with Gasteiger partial charge in [-0.05, 0) is 30.3 Å². The fourth-order valence-electron chi connectivity index (χ4n) is 3.64. The van der Waals surface area contributed by atoms with Crippen LogP contribution in [0.2, 0.25) is 5.02 Å². The summed E-state index contributed by atoms with van der Waals surface area (Å²) in [5, 5.41) is 8.83. The van der Waals surface area contributed by atoms with Gasteiger partial charge in [-0.25, -0.2) is 0 Å². The van der Waals surface area contributed by atoms with Gasteiger partial charge in [0.1, 0.15) is 12.2 Å². The van der Waals surface area contributed by atoms with E-state index in [-0.39, 0.29) is 5.48 Å². The summed E-state index contributed by atoms with van der Waals surface area (Å²) in [5.74, 6) is 1.72. The second-order valence-corrected chi connectivity index (χ2v) is 7.32. The van der Waals surface area contributed by atoms with Gasteiger partial charge in [-0.15, -0.1) is 4.68 Å². The van der Waals surface area contributed by atoms with Crippen LogP contribution in [0.15, 0.2) is 83.9 Å². The Kier molecular flexibility index (Phi) is 5.35. The van der Waals surface area contributed by atoms with Crippen LogP contribution in [0, 0.1) is 0 Å². The Balaban J connectivity index is 0.00000218. The van der Waals surface area contributed by atoms with Crippen LogP contribution in [0.25, 0.3) is 5.69 Å². The highest BCUT2D eigenvalue weighted by Gasteiger charge is 2.30. The zero-order valence-corrected chi connectivity index (χ0v) is 17.1. The molecule has 3 aromatic carbocycles. The number of fused-ring (bicyclic) bond motifs is 3. The number of rotatable bonds is 3. The summed E-state index contributed by atoms with van der Waals surface area (Å²) in [4.78, 5) is 4.95. The molecule has 6 nitrogen and oxygen atoms in total. The molecular weight excluding hydrogens is 398 g/mol. The molecule has 0 bridgehead atoms. The van der Waals surface area contributed by atoms with E-state index in [9.17, 15) is 0 Å². The number of aromatic nitrogens is 3. The molecule has 5 rings (SSSR count). The number of para-hydroxylation sites is 1. The lowest BCUT2D eigenvalue weighted by molar-refractivity contribution is -0.590. The topological polar surface area (TPSA) is 76.1 Å². The molecule has 0 atom stereocenters. The van der Waals surface area contributed by atoms with Crippen LogP contribution in [0.1, 0.15) is 17.0 Å². The second kappa shape index (κ2) is 8.10. The first-order valence-corrected chi connectivity index (χ1v) is 9.78. The molecule has 4 aromatic rings. The summed E-state index contributed by atoms with van der Waals surface area (Å²) in [5.41, 5.74) is 4.95. The molecule has 30 heavy (non-hydrogen) atoms. The number of nitrogens with zero attached hydrogens (tertiary/aromatic N) is 4. The van der Waals surface area contributed by atoms with Crippen molar-refractivity contribution in [1.82, 2.24) is 9.78 Å². The molecule has 150 valence electrons. The molecule has 1 aromatic heterocycles. The third kappa shape index (κ3) is 3.47. The molecule has 0 fully saturated rings. The Morgan fingerprint density at radius 1 is 0.967 bits per heavy atom. The molecule has 7 heteroatoms. The van der Waals surface area contributed by atoms with Crippen LogP contribution in [0.5, 0.6) is 0 Å². The van der Waals surface area contributed by atoms with Gasteiger partial charge >= 0.3 is 5.95 Å². The number of hydrogen-bond acceptors (Lipinski definition) is 4. The number of anilines is 2. The highest BCUT2D eigenvalue weighted by molar-refractivity contribution is 6.31. The van der Waals surface area contributed by atoms with E-state index in [1.807, 2.05) is 78.5 Å². The van der Waals surface area contributed by atoms with Crippen molar-refractivity contribution in [1.29, 1.82) is 0 Å². The minimum atomic E-state index is 0. The zero-order valence-electron chi connectivity index (χ0n) is 16.3. The number of halogens is 1. The van der Waals surface area contributed by atoms with Gasteiger partial charge in [0.15, 0.2) is 0 Å². The number of benzene rings is 3. The second-order valence-electron chi connectivity index (χ2n) is 6.88. The highest BCUT2D eigenvalue weighted by Crippen LogP contribution is 2.25. The third-order valence-electron chi connectivity index (χ3n) is 5.00. The zero-order chi connectivity index (χ0) is 19.8. The van der Waals surface area contributed by atoms with Crippen molar-refractivity contribution in [2.75, 3.05) is 5.32 Å². The average molecular weight is 418 g/mol.